The monoisotopic (exact) mass is 354 g/mol. The highest BCUT2D eigenvalue weighted by Crippen LogP contribution is 2.34. The third-order valence-electron chi connectivity index (χ3n) is 3.87. The molecule has 0 unspecified atom stereocenters. The molecule has 4 heteroatoms. The first-order valence-electron chi connectivity index (χ1n) is 8.13. The van der Waals surface area contributed by atoms with E-state index in [0.717, 1.165) is 27.5 Å². The van der Waals surface area contributed by atoms with Crippen molar-refractivity contribution < 1.29 is 4.42 Å². The van der Waals surface area contributed by atoms with E-state index in [0.29, 0.717) is 10.4 Å². The van der Waals surface area contributed by atoms with Crippen LogP contribution in [-0.4, -0.2) is 0 Å². The zero-order valence-corrected chi connectivity index (χ0v) is 14.6. The number of rotatable bonds is 3. The number of hydrogen-bond acceptors (Lipinski definition) is 4. The van der Waals surface area contributed by atoms with Gasteiger partial charge >= 0.3 is 0 Å². The van der Waals surface area contributed by atoms with E-state index in [-0.39, 0.29) is 0 Å². The largest absolute Gasteiger partial charge is 0.429 e. The van der Waals surface area contributed by atoms with Gasteiger partial charge in [-0.25, -0.2) is 4.99 Å². The Morgan fingerprint density at radius 1 is 0.769 bits per heavy atom. The van der Waals surface area contributed by atoms with Crippen molar-refractivity contribution >= 4 is 17.0 Å². The molecule has 124 valence electrons. The highest BCUT2D eigenvalue weighted by Gasteiger charge is 2.14. The van der Waals surface area contributed by atoms with Crippen molar-refractivity contribution in [1.29, 1.82) is 5.26 Å². The number of benzene rings is 3. The van der Waals surface area contributed by atoms with Crippen LogP contribution in [0.15, 0.2) is 94.3 Å². The van der Waals surface area contributed by atoms with E-state index in [9.17, 15) is 0 Å². The second kappa shape index (κ2) is 7.22. The summed E-state index contributed by atoms with van der Waals surface area (Å²) in [6.07, 6.45) is 0. The average molecular weight is 354 g/mol. The molecule has 0 amide bonds. The van der Waals surface area contributed by atoms with Crippen LogP contribution in [0.2, 0.25) is 0 Å². The molecule has 3 aromatic carbocycles. The summed E-state index contributed by atoms with van der Waals surface area (Å²) in [6.45, 7) is 0. The van der Waals surface area contributed by atoms with Crippen LogP contribution in [0, 0.1) is 11.3 Å². The molecule has 4 aromatic rings. The van der Waals surface area contributed by atoms with Crippen molar-refractivity contribution in [2.45, 2.75) is 0 Å². The van der Waals surface area contributed by atoms with Gasteiger partial charge in [0.05, 0.1) is 22.2 Å². The summed E-state index contributed by atoms with van der Waals surface area (Å²) in [5.41, 5.74) is 3.49. The van der Waals surface area contributed by atoms with Crippen molar-refractivity contribution in [2.75, 3.05) is 0 Å². The second-order valence-corrected chi connectivity index (χ2v) is 6.59. The van der Waals surface area contributed by atoms with Crippen LogP contribution in [0.3, 0.4) is 0 Å². The number of nitriles is 1. The lowest BCUT2D eigenvalue weighted by molar-refractivity contribution is 0.539. The SMILES string of the molecule is N#Cc1ccc(N=c2oc(-c3ccccc3)c(-c3ccccc3)s2)cc1. The Bertz CT molecular complexity index is 1060. The molecule has 0 radical (unpaired) electrons. The van der Waals surface area contributed by atoms with E-state index in [4.69, 9.17) is 9.68 Å². The van der Waals surface area contributed by atoms with Crippen LogP contribution in [0.4, 0.5) is 5.69 Å². The smallest absolute Gasteiger partial charge is 0.279 e. The Labute approximate surface area is 155 Å². The fourth-order valence-corrected chi connectivity index (χ4v) is 3.57. The Kier molecular flexibility index (Phi) is 4.46. The Morgan fingerprint density at radius 3 is 2.00 bits per heavy atom. The van der Waals surface area contributed by atoms with Gasteiger partial charge in [-0.2, -0.15) is 5.26 Å². The number of nitrogens with zero attached hydrogens (tertiary/aromatic N) is 2. The van der Waals surface area contributed by atoms with Gasteiger partial charge in [0.1, 0.15) is 0 Å². The molecule has 26 heavy (non-hydrogen) atoms. The summed E-state index contributed by atoms with van der Waals surface area (Å²) in [7, 11) is 0. The van der Waals surface area contributed by atoms with Gasteiger partial charge in [0.2, 0.25) is 0 Å². The summed E-state index contributed by atoms with van der Waals surface area (Å²) >= 11 is 1.51. The van der Waals surface area contributed by atoms with Crippen molar-refractivity contribution in [2.24, 2.45) is 4.99 Å². The lowest BCUT2D eigenvalue weighted by Crippen LogP contribution is -1.88. The van der Waals surface area contributed by atoms with E-state index in [2.05, 4.69) is 23.2 Å². The summed E-state index contributed by atoms with van der Waals surface area (Å²) in [6, 6.07) is 29.5. The molecule has 0 saturated heterocycles. The summed E-state index contributed by atoms with van der Waals surface area (Å²) in [4.78, 5) is 6.21. The zero-order chi connectivity index (χ0) is 17.8. The lowest BCUT2D eigenvalue weighted by Gasteiger charge is -2.01. The summed E-state index contributed by atoms with van der Waals surface area (Å²) in [5.74, 6) is 0.814. The van der Waals surface area contributed by atoms with Gasteiger partial charge in [0.25, 0.3) is 4.87 Å². The van der Waals surface area contributed by atoms with Gasteiger partial charge in [0.15, 0.2) is 5.76 Å². The zero-order valence-electron chi connectivity index (χ0n) is 13.8. The highest BCUT2D eigenvalue weighted by molar-refractivity contribution is 7.13. The molecule has 0 aliphatic carbocycles. The van der Waals surface area contributed by atoms with Crippen LogP contribution in [0.25, 0.3) is 21.8 Å². The molecule has 0 N–H and O–H groups in total. The first-order chi connectivity index (χ1) is 12.8. The lowest BCUT2D eigenvalue weighted by atomic mass is 10.1. The van der Waals surface area contributed by atoms with E-state index in [1.807, 2.05) is 60.7 Å². The fourth-order valence-electron chi connectivity index (χ4n) is 2.61. The molecule has 0 spiro atoms. The van der Waals surface area contributed by atoms with Crippen molar-refractivity contribution in [3.8, 4) is 27.8 Å². The van der Waals surface area contributed by atoms with Gasteiger partial charge in [-0.1, -0.05) is 72.0 Å². The molecule has 0 atom stereocenters. The summed E-state index contributed by atoms with van der Waals surface area (Å²) < 4.78 is 6.10. The van der Waals surface area contributed by atoms with Gasteiger partial charge in [0, 0.05) is 5.56 Å². The first kappa shape index (κ1) is 16.1. The summed E-state index contributed by atoms with van der Waals surface area (Å²) in [5, 5.41) is 8.91. The third kappa shape index (κ3) is 3.34. The first-order valence-corrected chi connectivity index (χ1v) is 8.95. The molecule has 4 rings (SSSR count). The molecule has 0 fully saturated rings. The quantitative estimate of drug-likeness (QED) is 0.468. The van der Waals surface area contributed by atoms with Crippen LogP contribution in [0.1, 0.15) is 5.56 Å². The minimum atomic E-state index is 0.576. The molecule has 1 heterocycles. The van der Waals surface area contributed by atoms with Crippen molar-refractivity contribution in [3.63, 3.8) is 0 Å². The van der Waals surface area contributed by atoms with E-state index in [1.165, 1.54) is 11.3 Å². The molecular formula is C22H14N2OS. The molecule has 0 aliphatic rings. The standard InChI is InChI=1S/C22H14N2OS/c23-15-16-11-13-19(14-12-16)24-22-25-20(17-7-3-1-4-8-17)21(26-22)18-9-5-2-6-10-18/h1-14H. The fraction of sp³-hybridized carbons (Fsp3) is 0. The third-order valence-corrected chi connectivity index (χ3v) is 4.85. The normalized spacial score (nSPS) is 11.3. The van der Waals surface area contributed by atoms with Crippen LogP contribution in [0.5, 0.6) is 0 Å². The average Bonchev–Trinajstić information content (AvgIpc) is 3.14. The number of hydrogen-bond donors (Lipinski definition) is 0. The molecule has 0 bridgehead atoms. The maximum absolute atomic E-state index is 8.91. The minimum Gasteiger partial charge on any atom is -0.429 e. The van der Waals surface area contributed by atoms with Gasteiger partial charge in [-0.15, -0.1) is 0 Å². The van der Waals surface area contributed by atoms with Crippen molar-refractivity contribution in [3.05, 3.63) is 95.4 Å². The topological polar surface area (TPSA) is 49.3 Å². The highest BCUT2D eigenvalue weighted by atomic mass is 32.1. The van der Waals surface area contributed by atoms with Crippen LogP contribution >= 0.6 is 11.3 Å². The van der Waals surface area contributed by atoms with Crippen LogP contribution in [-0.2, 0) is 0 Å². The van der Waals surface area contributed by atoms with Gasteiger partial charge in [-0.05, 0) is 29.8 Å². The van der Waals surface area contributed by atoms with E-state index < -0.39 is 0 Å². The van der Waals surface area contributed by atoms with Crippen molar-refractivity contribution in [1.82, 2.24) is 0 Å². The molecule has 0 saturated carbocycles. The molecule has 0 aliphatic heterocycles. The Hall–Kier alpha value is -3.42. The molecular weight excluding hydrogens is 340 g/mol. The molecule has 1 aromatic heterocycles. The van der Waals surface area contributed by atoms with Gasteiger partial charge < -0.3 is 4.42 Å². The minimum absolute atomic E-state index is 0.576. The van der Waals surface area contributed by atoms with E-state index >= 15 is 0 Å². The maximum Gasteiger partial charge on any atom is 0.279 e. The maximum atomic E-state index is 8.91. The van der Waals surface area contributed by atoms with Gasteiger partial charge in [-0.3, -0.25) is 0 Å². The van der Waals surface area contributed by atoms with Crippen LogP contribution < -0.4 is 4.87 Å². The Morgan fingerprint density at radius 2 is 1.38 bits per heavy atom. The molecule has 3 nitrogen and oxygen atoms in total. The second-order valence-electron chi connectivity index (χ2n) is 5.63. The van der Waals surface area contributed by atoms with E-state index in [1.54, 1.807) is 12.1 Å². The predicted octanol–water partition coefficient (Wildman–Crippen LogP) is 5.78. The predicted molar refractivity (Wildman–Crippen MR) is 104 cm³/mol. The Balaban J connectivity index is 1.86.